The molecule has 154 valence electrons. The number of rotatable bonds is 1. The van der Waals surface area contributed by atoms with Crippen LogP contribution in [0.15, 0.2) is 4.99 Å². The highest BCUT2D eigenvalue weighted by Crippen LogP contribution is 2.32. The molecule has 0 aliphatic carbocycles. The second-order valence-electron chi connectivity index (χ2n) is 9.53. The smallest absolute Gasteiger partial charge is 0.437 e. The second-order valence-corrected chi connectivity index (χ2v) is 9.53. The molecular weight excluding hydrogens is 348 g/mol. The lowest BCUT2D eigenvalue weighted by Crippen LogP contribution is -2.55. The number of carbonyl (C=O) groups is 2. The third-order valence-corrected chi connectivity index (χ3v) is 4.42. The Labute approximate surface area is 162 Å². The van der Waals surface area contributed by atoms with Gasteiger partial charge in [0.05, 0.1) is 0 Å². The van der Waals surface area contributed by atoms with Crippen LogP contribution >= 0.6 is 0 Å². The van der Waals surface area contributed by atoms with Gasteiger partial charge in [0, 0.05) is 31.2 Å². The van der Waals surface area contributed by atoms with Crippen LogP contribution < -0.4 is 5.32 Å². The van der Waals surface area contributed by atoms with Crippen LogP contribution in [-0.2, 0) is 9.47 Å². The van der Waals surface area contributed by atoms with Crippen LogP contribution in [0.3, 0.4) is 0 Å². The van der Waals surface area contributed by atoms with Crippen molar-refractivity contribution in [3.8, 4) is 0 Å². The van der Waals surface area contributed by atoms with Gasteiger partial charge in [0.15, 0.2) is 0 Å². The molecule has 2 fully saturated rings. The highest BCUT2D eigenvalue weighted by Gasteiger charge is 2.46. The highest BCUT2D eigenvalue weighted by atomic mass is 16.6. The van der Waals surface area contributed by atoms with E-state index >= 15 is 0 Å². The van der Waals surface area contributed by atoms with E-state index in [1.165, 1.54) is 0 Å². The van der Waals surface area contributed by atoms with Gasteiger partial charge in [0.1, 0.15) is 11.2 Å². The van der Waals surface area contributed by atoms with Gasteiger partial charge in [-0.2, -0.15) is 0 Å². The van der Waals surface area contributed by atoms with Crippen LogP contribution in [-0.4, -0.2) is 70.4 Å². The van der Waals surface area contributed by atoms with E-state index in [0.717, 1.165) is 13.0 Å². The van der Waals surface area contributed by atoms with Crippen molar-refractivity contribution >= 4 is 18.1 Å². The summed E-state index contributed by atoms with van der Waals surface area (Å²) in [6.07, 6.45) is -0.369. The first-order valence-corrected chi connectivity index (χ1v) is 9.59. The fraction of sp³-hybridized carbons (Fsp3) is 0.842. The molecule has 0 spiro atoms. The molecule has 2 unspecified atom stereocenters. The molecule has 2 heterocycles. The standard InChI is InChI=1S/C19H34N4O4/c1-12(2)22-10-14-9-13(22)11-23(14)15(20-16(24)26-18(3,4)5)21-17(25)27-19(6,7)8/h12-14H,9-11H2,1-8H3,(H,20,21,24,25). The maximum absolute atomic E-state index is 12.3. The Kier molecular flexibility index (Phi) is 6.09. The molecule has 2 amide bonds. The summed E-state index contributed by atoms with van der Waals surface area (Å²) >= 11 is 0. The number of guanidine groups is 1. The maximum Gasteiger partial charge on any atom is 0.437 e. The third-order valence-electron chi connectivity index (χ3n) is 4.42. The molecule has 0 saturated carbocycles. The van der Waals surface area contributed by atoms with Crippen molar-refractivity contribution in [1.82, 2.24) is 15.1 Å². The molecule has 2 bridgehead atoms. The van der Waals surface area contributed by atoms with Crippen molar-refractivity contribution in [3.05, 3.63) is 0 Å². The molecule has 0 aromatic carbocycles. The molecule has 2 aliphatic rings. The van der Waals surface area contributed by atoms with Crippen LogP contribution in [0.2, 0.25) is 0 Å². The Morgan fingerprint density at radius 3 is 2.04 bits per heavy atom. The molecule has 1 N–H and O–H groups in total. The molecule has 2 saturated heterocycles. The third kappa shape index (κ3) is 6.09. The number of likely N-dealkylation sites (tertiary alicyclic amines) is 2. The van der Waals surface area contributed by atoms with Gasteiger partial charge in [-0.25, -0.2) is 9.59 Å². The number of nitrogens with zero attached hydrogens (tertiary/aromatic N) is 3. The zero-order valence-corrected chi connectivity index (χ0v) is 17.8. The van der Waals surface area contributed by atoms with E-state index in [4.69, 9.17) is 9.47 Å². The van der Waals surface area contributed by atoms with Crippen molar-refractivity contribution in [2.75, 3.05) is 13.1 Å². The molecule has 8 heteroatoms. The Balaban J connectivity index is 2.16. The molecule has 2 rings (SSSR count). The monoisotopic (exact) mass is 382 g/mol. The SMILES string of the molecule is CC(C)N1CC2CC1CN2/C(=N/C(=O)OC(C)(C)C)NC(=O)OC(C)(C)C. The number of aliphatic imine (C=N–C) groups is 1. The first kappa shape index (κ1) is 21.5. The van der Waals surface area contributed by atoms with Crippen LogP contribution in [0.25, 0.3) is 0 Å². The van der Waals surface area contributed by atoms with Crippen molar-refractivity contribution in [3.63, 3.8) is 0 Å². The molecule has 0 aromatic rings. The second kappa shape index (κ2) is 7.66. The van der Waals surface area contributed by atoms with E-state index < -0.39 is 23.4 Å². The average Bonchev–Trinajstić information content (AvgIpc) is 3.02. The molecule has 8 nitrogen and oxygen atoms in total. The summed E-state index contributed by atoms with van der Waals surface area (Å²) < 4.78 is 10.6. The topological polar surface area (TPSA) is 83.5 Å². The molecule has 0 aromatic heterocycles. The number of hydrogen-bond donors (Lipinski definition) is 1. The summed E-state index contributed by atoms with van der Waals surface area (Å²) in [7, 11) is 0. The van der Waals surface area contributed by atoms with Crippen LogP contribution in [0, 0.1) is 0 Å². The number of fused-ring (bicyclic) bond motifs is 2. The number of alkyl carbamates (subject to hydrolysis) is 1. The van der Waals surface area contributed by atoms with Gasteiger partial charge in [0.25, 0.3) is 0 Å². The van der Waals surface area contributed by atoms with E-state index in [9.17, 15) is 9.59 Å². The number of ether oxygens (including phenoxy) is 2. The lowest BCUT2D eigenvalue weighted by Gasteiger charge is -2.37. The van der Waals surface area contributed by atoms with Gasteiger partial charge in [0.2, 0.25) is 5.96 Å². The van der Waals surface area contributed by atoms with Gasteiger partial charge >= 0.3 is 12.2 Å². The fourth-order valence-corrected chi connectivity index (χ4v) is 3.52. The lowest BCUT2D eigenvalue weighted by molar-refractivity contribution is 0.0548. The van der Waals surface area contributed by atoms with E-state index in [-0.39, 0.29) is 12.0 Å². The van der Waals surface area contributed by atoms with E-state index in [2.05, 4.69) is 29.1 Å². The summed E-state index contributed by atoms with van der Waals surface area (Å²) in [6, 6.07) is 1.06. The minimum atomic E-state index is -0.725. The Bertz CT molecular complexity index is 604. The van der Waals surface area contributed by atoms with Crippen molar-refractivity contribution in [2.24, 2.45) is 4.99 Å². The Morgan fingerprint density at radius 1 is 1.00 bits per heavy atom. The number of nitrogens with one attached hydrogen (secondary N) is 1. The Morgan fingerprint density at radius 2 is 1.59 bits per heavy atom. The number of piperazine rings is 1. The van der Waals surface area contributed by atoms with E-state index in [1.807, 2.05) is 4.90 Å². The van der Waals surface area contributed by atoms with Crippen molar-refractivity contribution in [2.45, 2.75) is 91.1 Å². The molecule has 2 atom stereocenters. The first-order chi connectivity index (χ1) is 12.2. The normalized spacial score (nSPS) is 23.7. The first-order valence-electron chi connectivity index (χ1n) is 9.59. The summed E-state index contributed by atoms with van der Waals surface area (Å²) in [4.78, 5) is 33.0. The minimum absolute atomic E-state index is 0.202. The van der Waals surface area contributed by atoms with E-state index in [0.29, 0.717) is 18.6 Å². The van der Waals surface area contributed by atoms with Gasteiger partial charge < -0.3 is 14.4 Å². The minimum Gasteiger partial charge on any atom is -0.444 e. The zero-order chi connectivity index (χ0) is 20.6. The number of hydrogen-bond acceptors (Lipinski definition) is 5. The van der Waals surface area contributed by atoms with E-state index in [1.54, 1.807) is 41.5 Å². The summed E-state index contributed by atoms with van der Waals surface area (Å²) in [5.74, 6) is 0.203. The van der Waals surface area contributed by atoms with Crippen LogP contribution in [0.5, 0.6) is 0 Å². The average molecular weight is 383 g/mol. The molecule has 2 aliphatic heterocycles. The Hall–Kier alpha value is -1.83. The van der Waals surface area contributed by atoms with Crippen LogP contribution in [0.1, 0.15) is 61.8 Å². The lowest BCUT2D eigenvalue weighted by atomic mass is 10.2. The fourth-order valence-electron chi connectivity index (χ4n) is 3.52. The predicted molar refractivity (Wildman–Crippen MR) is 104 cm³/mol. The number of amides is 2. The molecule has 0 radical (unpaired) electrons. The van der Waals surface area contributed by atoms with Crippen molar-refractivity contribution < 1.29 is 19.1 Å². The van der Waals surface area contributed by atoms with Gasteiger partial charge in [-0.05, 0) is 61.8 Å². The highest BCUT2D eigenvalue weighted by molar-refractivity contribution is 5.99. The summed E-state index contributed by atoms with van der Waals surface area (Å²) in [5.41, 5.74) is -1.30. The van der Waals surface area contributed by atoms with Gasteiger partial charge in [-0.1, -0.05) is 0 Å². The van der Waals surface area contributed by atoms with Crippen LogP contribution in [0.4, 0.5) is 9.59 Å². The zero-order valence-electron chi connectivity index (χ0n) is 17.8. The maximum atomic E-state index is 12.3. The van der Waals surface area contributed by atoms with Crippen molar-refractivity contribution in [1.29, 1.82) is 0 Å². The van der Waals surface area contributed by atoms with Gasteiger partial charge in [-0.3, -0.25) is 10.2 Å². The van der Waals surface area contributed by atoms with Gasteiger partial charge in [-0.15, -0.1) is 4.99 Å². The largest absolute Gasteiger partial charge is 0.444 e. The predicted octanol–water partition coefficient (Wildman–Crippen LogP) is 2.97. The number of carbonyl (C=O) groups excluding carboxylic acids is 2. The summed E-state index contributed by atoms with van der Waals surface area (Å²) in [6.45, 7) is 16.6. The summed E-state index contributed by atoms with van der Waals surface area (Å²) in [5, 5.41) is 2.66. The molecular formula is C19H34N4O4. The molecule has 27 heavy (non-hydrogen) atoms. The quantitative estimate of drug-likeness (QED) is 0.554.